The van der Waals surface area contributed by atoms with Gasteiger partial charge in [0.05, 0.1) is 0 Å². The quantitative estimate of drug-likeness (QED) is 0.823. The van der Waals surface area contributed by atoms with Crippen molar-refractivity contribution in [2.45, 2.75) is 52.5 Å². The molecule has 3 unspecified atom stereocenters. The van der Waals surface area contributed by atoms with E-state index in [0.29, 0.717) is 23.8 Å². The first-order valence-corrected chi connectivity index (χ1v) is 6.83. The second-order valence-electron chi connectivity index (χ2n) is 6.86. The zero-order valence-electron chi connectivity index (χ0n) is 11.3. The first-order valence-electron chi connectivity index (χ1n) is 6.83. The molecule has 0 aromatic rings. The highest BCUT2D eigenvalue weighted by Crippen LogP contribution is 2.44. The number of carboxylic acid groups (broad SMARTS) is 1. The summed E-state index contributed by atoms with van der Waals surface area (Å²) in [6.45, 7) is 9.16. The van der Waals surface area contributed by atoms with Crippen LogP contribution >= 0.6 is 0 Å². The number of nitrogens with zero attached hydrogens (tertiary/aromatic N) is 1. The van der Waals surface area contributed by atoms with Crippen molar-refractivity contribution in [2.75, 3.05) is 13.1 Å². The van der Waals surface area contributed by atoms with E-state index in [2.05, 4.69) is 25.7 Å². The molecule has 0 aromatic heterocycles. The van der Waals surface area contributed by atoms with Crippen LogP contribution in [0.1, 0.15) is 46.5 Å². The molecular formula is C14H25NO2. The number of carboxylic acids is 1. The van der Waals surface area contributed by atoms with Crippen molar-refractivity contribution >= 4 is 5.97 Å². The molecule has 1 saturated heterocycles. The lowest BCUT2D eigenvalue weighted by Gasteiger charge is -2.28. The van der Waals surface area contributed by atoms with Crippen LogP contribution in [0.15, 0.2) is 0 Å². The first-order chi connectivity index (χ1) is 7.87. The first kappa shape index (κ1) is 12.9. The molecule has 0 radical (unpaired) electrons. The summed E-state index contributed by atoms with van der Waals surface area (Å²) in [5.41, 5.74) is 0.467. The van der Waals surface area contributed by atoms with E-state index >= 15 is 0 Å². The van der Waals surface area contributed by atoms with Crippen LogP contribution in [0.4, 0.5) is 0 Å². The molecule has 3 heteroatoms. The summed E-state index contributed by atoms with van der Waals surface area (Å²) < 4.78 is 0. The largest absolute Gasteiger partial charge is 0.481 e. The Morgan fingerprint density at radius 3 is 2.65 bits per heavy atom. The minimum absolute atomic E-state index is 0.348. The Labute approximate surface area is 104 Å². The minimum atomic E-state index is -0.642. The Kier molecular flexibility index (Phi) is 3.48. The van der Waals surface area contributed by atoms with Crippen LogP contribution in [0.25, 0.3) is 0 Å². The monoisotopic (exact) mass is 239 g/mol. The standard InChI is InChI=1S/C14H25NO2/c1-10-7-14(2,3)8-12(10)15-5-4-11(9-15)6-13(16)17/h10-12H,4-9H2,1-3H3,(H,16,17). The van der Waals surface area contributed by atoms with Gasteiger partial charge in [-0.05, 0) is 43.1 Å². The second-order valence-corrected chi connectivity index (χ2v) is 6.86. The van der Waals surface area contributed by atoms with Gasteiger partial charge in [0.1, 0.15) is 0 Å². The third-order valence-corrected chi connectivity index (χ3v) is 4.54. The summed E-state index contributed by atoms with van der Waals surface area (Å²) in [7, 11) is 0. The molecule has 0 spiro atoms. The summed E-state index contributed by atoms with van der Waals surface area (Å²) >= 11 is 0. The molecule has 0 amide bonds. The van der Waals surface area contributed by atoms with Crippen molar-refractivity contribution < 1.29 is 9.90 Å². The topological polar surface area (TPSA) is 40.5 Å². The molecule has 1 saturated carbocycles. The molecule has 0 aromatic carbocycles. The average Bonchev–Trinajstić information content (AvgIpc) is 2.69. The molecule has 1 heterocycles. The molecule has 1 N–H and O–H groups in total. The summed E-state index contributed by atoms with van der Waals surface area (Å²) in [4.78, 5) is 13.3. The Morgan fingerprint density at radius 2 is 2.12 bits per heavy atom. The van der Waals surface area contributed by atoms with Gasteiger partial charge in [0, 0.05) is 19.0 Å². The van der Waals surface area contributed by atoms with Gasteiger partial charge in [-0.3, -0.25) is 9.69 Å². The molecule has 17 heavy (non-hydrogen) atoms. The number of hydrogen-bond donors (Lipinski definition) is 1. The molecule has 3 atom stereocenters. The zero-order chi connectivity index (χ0) is 12.6. The lowest BCUT2D eigenvalue weighted by Crippen LogP contribution is -2.35. The second kappa shape index (κ2) is 4.60. The summed E-state index contributed by atoms with van der Waals surface area (Å²) in [6.07, 6.45) is 3.99. The molecule has 2 fully saturated rings. The van der Waals surface area contributed by atoms with Crippen molar-refractivity contribution in [1.29, 1.82) is 0 Å². The van der Waals surface area contributed by atoms with Crippen molar-refractivity contribution in [3.05, 3.63) is 0 Å². The van der Waals surface area contributed by atoms with E-state index in [1.807, 2.05) is 0 Å². The summed E-state index contributed by atoms with van der Waals surface area (Å²) in [5.74, 6) is 0.494. The van der Waals surface area contributed by atoms with Gasteiger partial charge in [-0.2, -0.15) is 0 Å². The fraction of sp³-hybridized carbons (Fsp3) is 0.929. The van der Waals surface area contributed by atoms with Gasteiger partial charge in [-0.15, -0.1) is 0 Å². The van der Waals surface area contributed by atoms with E-state index < -0.39 is 5.97 Å². The van der Waals surface area contributed by atoms with Crippen LogP contribution in [-0.2, 0) is 4.79 Å². The van der Waals surface area contributed by atoms with E-state index in [-0.39, 0.29) is 0 Å². The molecule has 2 aliphatic rings. The van der Waals surface area contributed by atoms with Crippen LogP contribution in [0, 0.1) is 17.3 Å². The molecular weight excluding hydrogens is 214 g/mol. The van der Waals surface area contributed by atoms with Crippen LogP contribution in [0.5, 0.6) is 0 Å². The maximum absolute atomic E-state index is 10.7. The number of carbonyl (C=O) groups is 1. The number of hydrogen-bond acceptors (Lipinski definition) is 2. The predicted octanol–water partition coefficient (Wildman–Crippen LogP) is 2.61. The highest BCUT2D eigenvalue weighted by Gasteiger charge is 2.41. The highest BCUT2D eigenvalue weighted by molar-refractivity contribution is 5.67. The van der Waals surface area contributed by atoms with Gasteiger partial charge in [0.25, 0.3) is 0 Å². The van der Waals surface area contributed by atoms with Gasteiger partial charge < -0.3 is 5.11 Å². The van der Waals surface area contributed by atoms with E-state index in [0.717, 1.165) is 25.4 Å². The Balaban J connectivity index is 1.90. The van der Waals surface area contributed by atoms with Gasteiger partial charge >= 0.3 is 5.97 Å². The average molecular weight is 239 g/mol. The third kappa shape index (κ3) is 3.01. The van der Waals surface area contributed by atoms with Gasteiger partial charge in [-0.25, -0.2) is 0 Å². The molecule has 1 aliphatic heterocycles. The molecule has 1 aliphatic carbocycles. The lowest BCUT2D eigenvalue weighted by atomic mass is 9.91. The van der Waals surface area contributed by atoms with E-state index in [4.69, 9.17) is 5.11 Å². The van der Waals surface area contributed by atoms with Gasteiger partial charge in [0.15, 0.2) is 0 Å². The maximum atomic E-state index is 10.7. The fourth-order valence-electron chi connectivity index (χ4n) is 3.92. The Morgan fingerprint density at radius 1 is 1.41 bits per heavy atom. The van der Waals surface area contributed by atoms with Crippen molar-refractivity contribution in [1.82, 2.24) is 4.90 Å². The van der Waals surface area contributed by atoms with E-state index in [1.165, 1.54) is 12.8 Å². The summed E-state index contributed by atoms with van der Waals surface area (Å²) in [5, 5.41) is 8.84. The molecule has 0 bridgehead atoms. The van der Waals surface area contributed by atoms with Crippen molar-refractivity contribution in [2.24, 2.45) is 17.3 Å². The van der Waals surface area contributed by atoms with E-state index in [9.17, 15) is 4.79 Å². The van der Waals surface area contributed by atoms with Crippen LogP contribution in [0.3, 0.4) is 0 Å². The molecule has 3 nitrogen and oxygen atoms in total. The van der Waals surface area contributed by atoms with Crippen LogP contribution in [0.2, 0.25) is 0 Å². The number of rotatable bonds is 3. The number of aliphatic carboxylic acids is 1. The van der Waals surface area contributed by atoms with Gasteiger partial charge in [0.2, 0.25) is 0 Å². The van der Waals surface area contributed by atoms with Crippen molar-refractivity contribution in [3.63, 3.8) is 0 Å². The van der Waals surface area contributed by atoms with Gasteiger partial charge in [-0.1, -0.05) is 20.8 Å². The normalized spacial score (nSPS) is 37.5. The van der Waals surface area contributed by atoms with Crippen LogP contribution in [-0.4, -0.2) is 35.1 Å². The lowest BCUT2D eigenvalue weighted by molar-refractivity contribution is -0.138. The number of likely N-dealkylation sites (tertiary alicyclic amines) is 1. The maximum Gasteiger partial charge on any atom is 0.303 e. The predicted molar refractivity (Wildman–Crippen MR) is 67.9 cm³/mol. The molecule has 2 rings (SSSR count). The summed E-state index contributed by atoms with van der Waals surface area (Å²) in [6, 6.07) is 0.684. The van der Waals surface area contributed by atoms with Crippen LogP contribution < -0.4 is 0 Å². The molecule has 98 valence electrons. The fourth-order valence-corrected chi connectivity index (χ4v) is 3.92. The Hall–Kier alpha value is -0.570. The third-order valence-electron chi connectivity index (χ3n) is 4.54. The van der Waals surface area contributed by atoms with Crippen molar-refractivity contribution in [3.8, 4) is 0 Å². The zero-order valence-corrected chi connectivity index (χ0v) is 11.3. The van der Waals surface area contributed by atoms with E-state index in [1.54, 1.807) is 0 Å². The highest BCUT2D eigenvalue weighted by atomic mass is 16.4. The minimum Gasteiger partial charge on any atom is -0.481 e. The Bertz CT molecular complexity index is 301. The SMILES string of the molecule is CC1CC(C)(C)CC1N1CCC(CC(=O)O)C1. The smallest absolute Gasteiger partial charge is 0.303 e.